The largest absolute Gasteiger partial charge is 0.508 e. The Bertz CT molecular complexity index is 788. The third-order valence-corrected chi connectivity index (χ3v) is 3.35. The second-order valence-electron chi connectivity index (χ2n) is 4.60. The molecule has 106 valence electrons. The average molecular weight is 287 g/mol. The fraction of sp³-hybridized carbons (Fsp3) is 0.0769. The van der Waals surface area contributed by atoms with Crippen molar-refractivity contribution in [1.82, 2.24) is 0 Å². The minimum Gasteiger partial charge on any atom is -0.508 e. The summed E-state index contributed by atoms with van der Waals surface area (Å²) in [6.45, 7) is 0.348. The number of hydrogen-bond donors (Lipinski definition) is 2. The molecule has 3 rings (SSSR count). The molecule has 0 atom stereocenters. The van der Waals surface area contributed by atoms with Gasteiger partial charge in [-0.3, -0.25) is 20.2 Å². The molecule has 0 aromatic heterocycles. The minimum atomic E-state index is -0.676. The number of aromatic hydroxyl groups is 1. The van der Waals surface area contributed by atoms with Gasteiger partial charge in [0.2, 0.25) is 0 Å². The number of benzene rings is 2. The predicted octanol–water partition coefficient (Wildman–Crippen LogP) is 2.80. The normalized spacial score (nSPS) is 12.0. The van der Waals surface area contributed by atoms with E-state index in [2.05, 4.69) is 5.32 Å². The van der Waals surface area contributed by atoms with E-state index in [4.69, 9.17) is 0 Å². The van der Waals surface area contributed by atoms with E-state index in [-0.39, 0.29) is 22.8 Å². The van der Waals surface area contributed by atoms with Gasteiger partial charge in [0, 0.05) is 18.2 Å². The zero-order valence-electron chi connectivity index (χ0n) is 10.6. The number of non-ortho nitro benzene ring substituents is 1. The fourth-order valence-corrected chi connectivity index (χ4v) is 2.41. The van der Waals surface area contributed by atoms with Crippen molar-refractivity contribution >= 4 is 17.1 Å². The van der Waals surface area contributed by atoms with Crippen molar-refractivity contribution in [2.75, 3.05) is 5.32 Å². The molecule has 2 N–H and O–H groups in total. The molecule has 8 nitrogen and oxygen atoms in total. The molecule has 0 radical (unpaired) electrons. The number of nitrogens with one attached hydrogen (secondary N) is 1. The highest BCUT2D eigenvalue weighted by Crippen LogP contribution is 2.44. The molecule has 21 heavy (non-hydrogen) atoms. The monoisotopic (exact) mass is 287 g/mol. The number of phenols is 1. The maximum Gasteiger partial charge on any atom is 0.299 e. The first-order valence-electron chi connectivity index (χ1n) is 6.00. The van der Waals surface area contributed by atoms with Crippen LogP contribution in [0.1, 0.15) is 5.56 Å². The Balaban J connectivity index is 2.34. The minimum absolute atomic E-state index is 0.00393. The number of rotatable bonds is 2. The van der Waals surface area contributed by atoms with Crippen molar-refractivity contribution in [3.63, 3.8) is 0 Å². The van der Waals surface area contributed by atoms with Crippen LogP contribution in [0.2, 0.25) is 0 Å². The van der Waals surface area contributed by atoms with E-state index >= 15 is 0 Å². The van der Waals surface area contributed by atoms with Crippen LogP contribution in [0.5, 0.6) is 5.75 Å². The van der Waals surface area contributed by atoms with E-state index in [0.717, 1.165) is 11.6 Å². The number of anilines is 1. The Hall–Kier alpha value is -3.16. The maximum absolute atomic E-state index is 11.1. The number of phenolic OH excluding ortho intramolecular Hbond substituents is 1. The summed E-state index contributed by atoms with van der Waals surface area (Å²) in [6.07, 6.45) is 0. The molecular formula is C13H9N3O5. The van der Waals surface area contributed by atoms with E-state index in [1.54, 1.807) is 6.07 Å². The first-order valence-corrected chi connectivity index (χ1v) is 6.00. The summed E-state index contributed by atoms with van der Waals surface area (Å²) < 4.78 is 0. The first kappa shape index (κ1) is 12.9. The smallest absolute Gasteiger partial charge is 0.299 e. The molecule has 2 aromatic rings. The number of nitrogens with zero attached hydrogens (tertiary/aromatic N) is 2. The molecule has 0 fully saturated rings. The first-order chi connectivity index (χ1) is 9.97. The molecule has 0 spiro atoms. The van der Waals surface area contributed by atoms with Crippen molar-refractivity contribution in [3.8, 4) is 16.9 Å². The Morgan fingerprint density at radius 1 is 1.05 bits per heavy atom. The van der Waals surface area contributed by atoms with Gasteiger partial charge in [-0.2, -0.15) is 0 Å². The number of nitro groups is 2. The molecule has 1 heterocycles. The van der Waals surface area contributed by atoms with Crippen LogP contribution in [0.25, 0.3) is 11.1 Å². The summed E-state index contributed by atoms with van der Waals surface area (Å²) in [5.74, 6) is -0.00393. The number of hydrogen-bond acceptors (Lipinski definition) is 6. The quantitative estimate of drug-likeness (QED) is 0.647. The summed E-state index contributed by atoms with van der Waals surface area (Å²) in [5, 5.41) is 34.6. The van der Waals surface area contributed by atoms with Gasteiger partial charge in [0.25, 0.3) is 11.4 Å². The lowest BCUT2D eigenvalue weighted by atomic mass is 9.93. The van der Waals surface area contributed by atoms with Gasteiger partial charge < -0.3 is 10.4 Å². The van der Waals surface area contributed by atoms with Crippen LogP contribution in [0.4, 0.5) is 17.1 Å². The molecule has 0 saturated carbocycles. The maximum atomic E-state index is 11.1. The highest BCUT2D eigenvalue weighted by Gasteiger charge is 2.28. The predicted molar refractivity (Wildman–Crippen MR) is 74.2 cm³/mol. The van der Waals surface area contributed by atoms with Crippen molar-refractivity contribution in [3.05, 3.63) is 56.1 Å². The number of fused-ring (bicyclic) bond motifs is 3. The van der Waals surface area contributed by atoms with Crippen LogP contribution in [-0.2, 0) is 6.54 Å². The Kier molecular flexibility index (Phi) is 2.72. The van der Waals surface area contributed by atoms with E-state index in [0.29, 0.717) is 17.7 Å². The van der Waals surface area contributed by atoms with Gasteiger partial charge in [0.1, 0.15) is 11.4 Å². The number of nitro benzene ring substituents is 2. The van der Waals surface area contributed by atoms with Gasteiger partial charge in [-0.25, -0.2) is 0 Å². The van der Waals surface area contributed by atoms with Gasteiger partial charge in [0.15, 0.2) is 0 Å². The molecule has 0 saturated heterocycles. The molecule has 0 bridgehead atoms. The van der Waals surface area contributed by atoms with Crippen LogP contribution in [0, 0.1) is 20.2 Å². The zero-order valence-corrected chi connectivity index (χ0v) is 10.6. The topological polar surface area (TPSA) is 119 Å². The SMILES string of the molecule is O=[N+]([O-])c1cc2c(c([N+](=O)[O-])c1)NCc1ccc(O)cc1-2. The molecule has 2 aromatic carbocycles. The van der Waals surface area contributed by atoms with Gasteiger partial charge in [0.05, 0.1) is 15.9 Å². The summed E-state index contributed by atoms with van der Waals surface area (Å²) in [4.78, 5) is 20.7. The second kappa shape index (κ2) is 4.44. The van der Waals surface area contributed by atoms with E-state index < -0.39 is 9.85 Å². The molecule has 8 heteroatoms. The summed E-state index contributed by atoms with van der Waals surface area (Å²) in [5.41, 5.74) is 1.20. The third kappa shape index (κ3) is 2.02. The molecular weight excluding hydrogens is 278 g/mol. The van der Waals surface area contributed by atoms with Crippen molar-refractivity contribution in [2.24, 2.45) is 0 Å². The Labute approximate surface area is 117 Å². The van der Waals surface area contributed by atoms with Crippen molar-refractivity contribution < 1.29 is 15.0 Å². The Morgan fingerprint density at radius 2 is 1.81 bits per heavy atom. The van der Waals surface area contributed by atoms with Gasteiger partial charge in [-0.15, -0.1) is 0 Å². The lowest BCUT2D eigenvalue weighted by molar-refractivity contribution is -0.393. The van der Waals surface area contributed by atoms with Crippen LogP contribution < -0.4 is 5.32 Å². The van der Waals surface area contributed by atoms with Crippen LogP contribution in [0.15, 0.2) is 30.3 Å². The summed E-state index contributed by atoms with van der Waals surface area (Å²) in [7, 11) is 0. The van der Waals surface area contributed by atoms with E-state index in [9.17, 15) is 25.3 Å². The van der Waals surface area contributed by atoms with Gasteiger partial charge >= 0.3 is 0 Å². The summed E-state index contributed by atoms with van der Waals surface area (Å²) in [6, 6.07) is 6.82. The lowest BCUT2D eigenvalue weighted by Crippen LogP contribution is -2.11. The van der Waals surface area contributed by atoms with Crippen LogP contribution in [-0.4, -0.2) is 15.0 Å². The van der Waals surface area contributed by atoms with Gasteiger partial charge in [-0.05, 0) is 23.3 Å². The fourth-order valence-electron chi connectivity index (χ4n) is 2.41. The molecule has 0 unspecified atom stereocenters. The highest BCUT2D eigenvalue weighted by molar-refractivity contribution is 5.90. The second-order valence-corrected chi connectivity index (χ2v) is 4.60. The summed E-state index contributed by atoms with van der Waals surface area (Å²) >= 11 is 0. The zero-order chi connectivity index (χ0) is 15.1. The Morgan fingerprint density at radius 3 is 2.48 bits per heavy atom. The van der Waals surface area contributed by atoms with Gasteiger partial charge in [-0.1, -0.05) is 6.07 Å². The molecule has 1 aliphatic rings. The standard InChI is InChI=1S/C13H9N3O5/c17-9-2-1-7-6-14-13-11(10(7)5-9)3-8(15(18)19)4-12(13)16(20)21/h1-5,14,17H,6H2. The van der Waals surface area contributed by atoms with Crippen molar-refractivity contribution in [2.45, 2.75) is 6.54 Å². The van der Waals surface area contributed by atoms with Crippen LogP contribution in [0.3, 0.4) is 0 Å². The van der Waals surface area contributed by atoms with E-state index in [1.165, 1.54) is 18.2 Å². The third-order valence-electron chi connectivity index (χ3n) is 3.35. The molecule has 0 amide bonds. The van der Waals surface area contributed by atoms with Crippen LogP contribution >= 0.6 is 0 Å². The molecule has 1 aliphatic heterocycles. The van der Waals surface area contributed by atoms with E-state index in [1.807, 2.05) is 0 Å². The lowest BCUT2D eigenvalue weighted by Gasteiger charge is -2.21. The highest BCUT2D eigenvalue weighted by atomic mass is 16.6. The average Bonchev–Trinajstić information content (AvgIpc) is 2.45. The molecule has 0 aliphatic carbocycles. The van der Waals surface area contributed by atoms with Crippen molar-refractivity contribution in [1.29, 1.82) is 0 Å².